The summed E-state index contributed by atoms with van der Waals surface area (Å²) >= 11 is 0. The normalized spacial score (nSPS) is 17.0. The van der Waals surface area contributed by atoms with Crippen LogP contribution in [0.3, 0.4) is 0 Å². The average molecular weight is 383 g/mol. The number of carboxylic acids is 1. The first-order chi connectivity index (χ1) is 11.9. The Labute approximate surface area is 150 Å². The fourth-order valence-corrected chi connectivity index (χ4v) is 2.26. The van der Waals surface area contributed by atoms with E-state index in [2.05, 4.69) is 0 Å². The van der Waals surface area contributed by atoms with E-state index in [-0.39, 0.29) is 12.8 Å². The van der Waals surface area contributed by atoms with E-state index in [0.717, 1.165) is 19.8 Å². The first kappa shape index (κ1) is 24.6. The van der Waals surface area contributed by atoms with E-state index in [0.29, 0.717) is 19.3 Å². The van der Waals surface area contributed by atoms with Crippen molar-refractivity contribution in [2.45, 2.75) is 82.2 Å². The van der Waals surface area contributed by atoms with Gasteiger partial charge in [-0.1, -0.05) is 25.0 Å². The molecule has 3 unspecified atom stereocenters. The highest BCUT2D eigenvalue weighted by Crippen LogP contribution is 2.21. The number of carboxylic acid groups (broad SMARTS) is 1. The van der Waals surface area contributed by atoms with Gasteiger partial charge in [-0.2, -0.15) is 13.2 Å². The third kappa shape index (κ3) is 10.5. The molecule has 0 aliphatic heterocycles. The van der Waals surface area contributed by atoms with Crippen LogP contribution >= 0.6 is 0 Å². The Hall–Kier alpha value is -1.45. The van der Waals surface area contributed by atoms with Crippen LogP contribution in [0, 0.1) is 0 Å². The quantitative estimate of drug-likeness (QED) is 0.286. The van der Waals surface area contributed by atoms with E-state index in [4.69, 9.17) is 10.8 Å². The van der Waals surface area contributed by atoms with Crippen molar-refractivity contribution in [2.75, 3.05) is 0 Å². The second-order valence-electron chi connectivity index (χ2n) is 6.59. The second kappa shape index (κ2) is 11.3. The highest BCUT2D eigenvalue weighted by Gasteiger charge is 2.40. The fourth-order valence-electron chi connectivity index (χ4n) is 2.26. The maximum absolute atomic E-state index is 12.0. The van der Waals surface area contributed by atoms with Gasteiger partial charge in [0.05, 0.1) is 6.10 Å². The third-order valence-corrected chi connectivity index (χ3v) is 3.96. The number of aliphatic hydroxyl groups is 2. The van der Waals surface area contributed by atoms with E-state index >= 15 is 0 Å². The van der Waals surface area contributed by atoms with Crippen LogP contribution in [0.5, 0.6) is 0 Å². The number of aliphatic hydroxyl groups excluding tert-OH is 2. The molecule has 0 aromatic carbocycles. The summed E-state index contributed by atoms with van der Waals surface area (Å²) in [6.07, 6.45) is -2.10. The van der Waals surface area contributed by atoms with Crippen LogP contribution in [0.1, 0.15) is 58.3 Å². The highest BCUT2D eigenvalue weighted by atomic mass is 19.4. The van der Waals surface area contributed by atoms with Gasteiger partial charge in [-0.15, -0.1) is 0 Å². The Morgan fingerprint density at radius 2 is 1.65 bits per heavy atom. The van der Waals surface area contributed by atoms with Gasteiger partial charge in [0.25, 0.3) is 0 Å². The number of alkyl halides is 3. The number of hydrogen-bond acceptors (Lipinski definition) is 5. The van der Waals surface area contributed by atoms with Crippen molar-refractivity contribution in [3.63, 3.8) is 0 Å². The number of unbranched alkanes of at least 4 members (excludes halogenated alkanes) is 4. The first-order valence-corrected chi connectivity index (χ1v) is 8.49. The summed E-state index contributed by atoms with van der Waals surface area (Å²) in [5.74, 6) is -2.21. The Kier molecular flexibility index (Phi) is 10.7. The number of allylic oxidation sites excluding steroid dienone is 1. The number of ketones is 1. The van der Waals surface area contributed by atoms with Crippen LogP contribution in [0.15, 0.2) is 12.2 Å². The van der Waals surface area contributed by atoms with Crippen LogP contribution in [0.25, 0.3) is 0 Å². The van der Waals surface area contributed by atoms with E-state index < -0.39 is 42.1 Å². The van der Waals surface area contributed by atoms with E-state index in [1.54, 1.807) is 12.2 Å². The molecule has 0 fully saturated rings. The molecule has 0 rings (SSSR count). The molecular weight excluding hydrogens is 355 g/mol. The lowest BCUT2D eigenvalue weighted by Gasteiger charge is -2.28. The summed E-state index contributed by atoms with van der Waals surface area (Å²) in [5.41, 5.74) is 3.49. The van der Waals surface area contributed by atoms with Gasteiger partial charge < -0.3 is 21.1 Å². The lowest BCUT2D eigenvalue weighted by molar-refractivity contribution is -0.152. The SMILES string of the molecule is CC(N)(C(=O)O)C(O)C(O)CC=CCCCCCCC(=O)CC(F)(F)F. The molecule has 0 radical (unpaired) electrons. The van der Waals surface area contributed by atoms with Gasteiger partial charge in [0.15, 0.2) is 0 Å². The van der Waals surface area contributed by atoms with Gasteiger partial charge in [-0.25, -0.2) is 0 Å². The number of hydrogen-bond donors (Lipinski definition) is 4. The number of halogens is 3. The Balaban J connectivity index is 3.83. The van der Waals surface area contributed by atoms with Crippen LogP contribution in [0.4, 0.5) is 13.2 Å². The summed E-state index contributed by atoms with van der Waals surface area (Å²) in [6.45, 7) is 1.12. The van der Waals surface area contributed by atoms with Crippen LogP contribution < -0.4 is 5.73 Å². The summed E-state index contributed by atoms with van der Waals surface area (Å²) in [6, 6.07) is 0. The van der Waals surface area contributed by atoms with Crippen LogP contribution in [0.2, 0.25) is 0 Å². The van der Waals surface area contributed by atoms with Crippen molar-refractivity contribution in [2.24, 2.45) is 5.73 Å². The Morgan fingerprint density at radius 1 is 1.08 bits per heavy atom. The molecule has 0 aromatic rings. The molecule has 0 aliphatic rings. The summed E-state index contributed by atoms with van der Waals surface area (Å²) in [5, 5.41) is 28.4. The molecule has 0 saturated heterocycles. The predicted octanol–water partition coefficient (Wildman–Crippen LogP) is 2.32. The zero-order chi connectivity index (χ0) is 20.4. The molecule has 0 aromatic heterocycles. The van der Waals surface area contributed by atoms with Gasteiger partial charge in [-0.05, 0) is 32.6 Å². The van der Waals surface area contributed by atoms with E-state index in [1.807, 2.05) is 0 Å². The van der Waals surface area contributed by atoms with E-state index in [1.165, 1.54) is 0 Å². The highest BCUT2D eigenvalue weighted by molar-refractivity contribution is 5.79. The summed E-state index contributed by atoms with van der Waals surface area (Å²) < 4.78 is 35.9. The maximum Gasteiger partial charge on any atom is 0.395 e. The van der Waals surface area contributed by atoms with Gasteiger partial charge in [0.2, 0.25) is 0 Å². The van der Waals surface area contributed by atoms with Crippen molar-refractivity contribution < 1.29 is 38.1 Å². The standard InChI is InChI=1S/C17H28F3NO5/c1-16(21,15(25)26)14(24)13(23)10-8-6-4-2-3-5-7-9-12(22)11-17(18,19)20/h6,8,13-14,23-24H,2-5,7,9-11,21H2,1H3,(H,25,26). The molecule has 0 amide bonds. The third-order valence-electron chi connectivity index (χ3n) is 3.96. The van der Waals surface area contributed by atoms with Crippen molar-refractivity contribution in [1.29, 1.82) is 0 Å². The smallest absolute Gasteiger partial charge is 0.395 e. The maximum atomic E-state index is 12.0. The first-order valence-electron chi connectivity index (χ1n) is 8.49. The lowest BCUT2D eigenvalue weighted by Crippen LogP contribution is -2.58. The average Bonchev–Trinajstić information content (AvgIpc) is 2.50. The van der Waals surface area contributed by atoms with Crippen LogP contribution in [-0.2, 0) is 9.59 Å². The number of rotatable bonds is 13. The van der Waals surface area contributed by atoms with Gasteiger partial charge in [-0.3, -0.25) is 9.59 Å². The zero-order valence-corrected chi connectivity index (χ0v) is 14.8. The van der Waals surface area contributed by atoms with Crippen molar-refractivity contribution >= 4 is 11.8 Å². The van der Waals surface area contributed by atoms with Crippen molar-refractivity contribution in [1.82, 2.24) is 0 Å². The molecule has 0 bridgehead atoms. The molecule has 152 valence electrons. The Morgan fingerprint density at radius 3 is 2.19 bits per heavy atom. The number of Topliss-reactive ketones (excluding diaryl/α,β-unsaturated/α-hetero) is 1. The molecule has 6 nitrogen and oxygen atoms in total. The molecule has 0 spiro atoms. The Bertz CT molecular complexity index is 478. The monoisotopic (exact) mass is 383 g/mol. The summed E-state index contributed by atoms with van der Waals surface area (Å²) in [4.78, 5) is 21.9. The second-order valence-corrected chi connectivity index (χ2v) is 6.59. The minimum atomic E-state index is -4.44. The largest absolute Gasteiger partial charge is 0.480 e. The predicted molar refractivity (Wildman–Crippen MR) is 89.4 cm³/mol. The van der Waals surface area contributed by atoms with Gasteiger partial charge in [0, 0.05) is 6.42 Å². The minimum Gasteiger partial charge on any atom is -0.480 e. The topological polar surface area (TPSA) is 121 Å². The van der Waals surface area contributed by atoms with E-state index in [9.17, 15) is 33.0 Å². The number of aliphatic carboxylic acids is 1. The summed E-state index contributed by atoms with van der Waals surface area (Å²) in [7, 11) is 0. The molecule has 0 aliphatic carbocycles. The molecule has 9 heteroatoms. The zero-order valence-electron chi connectivity index (χ0n) is 14.8. The molecular formula is C17H28F3NO5. The van der Waals surface area contributed by atoms with Gasteiger partial charge >= 0.3 is 12.1 Å². The minimum absolute atomic E-state index is 0.0488. The molecule has 26 heavy (non-hydrogen) atoms. The van der Waals surface area contributed by atoms with Gasteiger partial charge in [0.1, 0.15) is 23.8 Å². The molecule has 0 saturated carbocycles. The number of carbonyl (C=O) groups is 2. The fraction of sp³-hybridized carbons (Fsp3) is 0.765. The molecule has 5 N–H and O–H groups in total. The van der Waals surface area contributed by atoms with Crippen molar-refractivity contribution in [3.05, 3.63) is 12.2 Å². The van der Waals surface area contributed by atoms with Crippen LogP contribution in [-0.4, -0.2) is 51.0 Å². The van der Waals surface area contributed by atoms with Crippen molar-refractivity contribution in [3.8, 4) is 0 Å². The number of nitrogens with two attached hydrogens (primary N) is 1. The lowest BCUT2D eigenvalue weighted by atomic mass is 9.90. The molecule has 3 atom stereocenters. The number of carbonyl (C=O) groups excluding carboxylic acids is 1. The molecule has 0 heterocycles.